The molecule has 0 saturated heterocycles. The Kier molecular flexibility index (Phi) is 9.48. The van der Waals surface area contributed by atoms with Crippen molar-refractivity contribution in [3.8, 4) is 34.3 Å². The molecule has 42 heavy (non-hydrogen) atoms. The van der Waals surface area contributed by atoms with Gasteiger partial charge >= 0.3 is 0 Å². The molecule has 9 nitrogen and oxygen atoms in total. The van der Waals surface area contributed by atoms with E-state index >= 15 is 0 Å². The molecule has 5 aromatic rings. The number of nitrogens with zero attached hydrogens (tertiary/aromatic N) is 4. The molecule has 212 valence electrons. The minimum Gasteiger partial charge on any atom is -0.497 e. The fraction of sp³-hybridized carbons (Fsp3) is 0.125. The number of methoxy groups -OCH3 is 2. The number of carbonyl (C=O) groups excluding carboxylic acids is 1. The summed E-state index contributed by atoms with van der Waals surface area (Å²) in [6.45, 7) is 0.496. The Hall–Kier alpha value is -5.09. The number of rotatable bonds is 12. The van der Waals surface area contributed by atoms with E-state index in [0.717, 1.165) is 39.6 Å². The van der Waals surface area contributed by atoms with Crippen molar-refractivity contribution in [2.45, 2.75) is 11.8 Å². The van der Waals surface area contributed by atoms with E-state index in [1.165, 1.54) is 11.8 Å². The van der Waals surface area contributed by atoms with Crippen LogP contribution in [0, 0.1) is 0 Å². The van der Waals surface area contributed by atoms with Gasteiger partial charge < -0.3 is 14.2 Å². The summed E-state index contributed by atoms with van der Waals surface area (Å²) in [5.74, 6) is 2.70. The van der Waals surface area contributed by atoms with Gasteiger partial charge in [0.1, 0.15) is 23.9 Å². The van der Waals surface area contributed by atoms with Crippen LogP contribution in [-0.4, -0.2) is 46.9 Å². The van der Waals surface area contributed by atoms with E-state index in [1.807, 2.05) is 108 Å². The predicted octanol–water partition coefficient (Wildman–Crippen LogP) is 5.77. The van der Waals surface area contributed by atoms with E-state index in [2.05, 4.69) is 20.7 Å². The van der Waals surface area contributed by atoms with Gasteiger partial charge in [0, 0.05) is 11.3 Å². The lowest BCUT2D eigenvalue weighted by atomic mass is 10.2. The van der Waals surface area contributed by atoms with Crippen LogP contribution in [0.15, 0.2) is 113 Å². The number of carbonyl (C=O) groups is 1. The van der Waals surface area contributed by atoms with Crippen molar-refractivity contribution >= 4 is 23.9 Å². The van der Waals surface area contributed by atoms with E-state index in [4.69, 9.17) is 14.2 Å². The van der Waals surface area contributed by atoms with Gasteiger partial charge in [-0.3, -0.25) is 9.36 Å². The first-order valence-electron chi connectivity index (χ1n) is 13.1. The van der Waals surface area contributed by atoms with Gasteiger partial charge in [0.15, 0.2) is 11.0 Å². The van der Waals surface area contributed by atoms with E-state index < -0.39 is 0 Å². The molecule has 0 radical (unpaired) electrons. The molecule has 5 rings (SSSR count). The zero-order valence-electron chi connectivity index (χ0n) is 23.1. The quantitative estimate of drug-likeness (QED) is 0.114. The third kappa shape index (κ3) is 7.35. The average molecular weight is 580 g/mol. The number of amides is 1. The number of hydrogen-bond acceptors (Lipinski definition) is 8. The number of aromatic nitrogens is 3. The number of ether oxygens (including phenoxy) is 3. The molecule has 1 heterocycles. The Bertz CT molecular complexity index is 1620. The maximum absolute atomic E-state index is 12.6. The molecule has 0 fully saturated rings. The molecule has 0 unspecified atom stereocenters. The van der Waals surface area contributed by atoms with Crippen LogP contribution in [0.25, 0.3) is 17.1 Å². The van der Waals surface area contributed by atoms with Crippen molar-refractivity contribution in [3.05, 3.63) is 114 Å². The Morgan fingerprint density at radius 3 is 2.14 bits per heavy atom. The molecule has 1 amide bonds. The Morgan fingerprint density at radius 2 is 1.48 bits per heavy atom. The van der Waals surface area contributed by atoms with Gasteiger partial charge in [-0.1, -0.05) is 42.1 Å². The molecule has 0 bridgehead atoms. The van der Waals surface area contributed by atoms with Crippen LogP contribution in [0.2, 0.25) is 0 Å². The molecule has 0 aliphatic rings. The highest BCUT2D eigenvalue weighted by atomic mass is 32.2. The minimum atomic E-state index is -0.269. The van der Waals surface area contributed by atoms with Gasteiger partial charge in [0.25, 0.3) is 5.91 Å². The van der Waals surface area contributed by atoms with E-state index in [0.29, 0.717) is 17.6 Å². The van der Waals surface area contributed by atoms with Gasteiger partial charge in [-0.2, -0.15) is 5.10 Å². The molecule has 4 aromatic carbocycles. The first-order valence-corrected chi connectivity index (χ1v) is 14.1. The van der Waals surface area contributed by atoms with E-state index in [1.54, 1.807) is 20.4 Å². The second kappa shape index (κ2) is 14.0. The summed E-state index contributed by atoms with van der Waals surface area (Å²) in [6, 6.07) is 32.6. The lowest BCUT2D eigenvalue weighted by Crippen LogP contribution is -2.20. The summed E-state index contributed by atoms with van der Waals surface area (Å²) in [5.41, 5.74) is 6.21. The Morgan fingerprint density at radius 1 is 0.833 bits per heavy atom. The SMILES string of the molecule is COc1ccc(-c2nnc(SCC(=O)N/N=C\c3ccc(OCc4ccccc4)cc3)n2-c2ccc(OC)cc2)cc1. The number of benzene rings is 4. The highest BCUT2D eigenvalue weighted by molar-refractivity contribution is 7.99. The molecule has 0 aliphatic heterocycles. The van der Waals surface area contributed by atoms with Crippen LogP contribution in [0.4, 0.5) is 0 Å². The smallest absolute Gasteiger partial charge is 0.250 e. The molecule has 10 heteroatoms. The Balaban J connectivity index is 1.21. The standard InChI is InChI=1S/C32H29N5O4S/c1-39-27-16-10-25(11-17-27)31-35-36-32(37(31)26-12-18-28(40-2)19-13-26)42-22-30(38)34-33-20-23-8-14-29(15-9-23)41-21-24-6-4-3-5-7-24/h3-20H,21-22H2,1-2H3,(H,34,38)/b33-20-. The van der Waals surface area contributed by atoms with Crippen molar-refractivity contribution in [2.75, 3.05) is 20.0 Å². The summed E-state index contributed by atoms with van der Waals surface area (Å²) in [6.07, 6.45) is 1.59. The average Bonchev–Trinajstić information content (AvgIpc) is 3.48. The molecule has 0 aliphatic carbocycles. The van der Waals surface area contributed by atoms with Gasteiger partial charge in [0.05, 0.1) is 26.2 Å². The second-order valence-corrected chi connectivity index (χ2v) is 9.94. The highest BCUT2D eigenvalue weighted by Crippen LogP contribution is 2.29. The monoisotopic (exact) mass is 579 g/mol. The summed E-state index contributed by atoms with van der Waals surface area (Å²) in [4.78, 5) is 12.6. The lowest BCUT2D eigenvalue weighted by molar-refractivity contribution is -0.118. The lowest BCUT2D eigenvalue weighted by Gasteiger charge is -2.11. The molecule has 0 saturated carbocycles. The number of hydrazone groups is 1. The zero-order valence-corrected chi connectivity index (χ0v) is 24.0. The Labute approximate surface area is 248 Å². The van der Waals surface area contributed by atoms with Crippen LogP contribution >= 0.6 is 11.8 Å². The largest absolute Gasteiger partial charge is 0.497 e. The maximum atomic E-state index is 12.6. The first-order chi connectivity index (χ1) is 20.6. The molecule has 1 aromatic heterocycles. The third-order valence-corrected chi connectivity index (χ3v) is 7.10. The van der Waals surface area contributed by atoms with Crippen molar-refractivity contribution < 1.29 is 19.0 Å². The van der Waals surface area contributed by atoms with Crippen LogP contribution in [0.3, 0.4) is 0 Å². The van der Waals surface area contributed by atoms with Crippen LogP contribution in [-0.2, 0) is 11.4 Å². The third-order valence-electron chi connectivity index (χ3n) is 6.18. The van der Waals surface area contributed by atoms with E-state index in [-0.39, 0.29) is 11.7 Å². The molecule has 1 N–H and O–H groups in total. The predicted molar refractivity (Wildman–Crippen MR) is 164 cm³/mol. The molecular formula is C32H29N5O4S. The normalized spacial score (nSPS) is 10.9. The maximum Gasteiger partial charge on any atom is 0.250 e. The van der Waals surface area contributed by atoms with Gasteiger partial charge in [0.2, 0.25) is 0 Å². The minimum absolute atomic E-state index is 0.0977. The summed E-state index contributed by atoms with van der Waals surface area (Å²) in [5, 5.41) is 13.5. The zero-order chi connectivity index (χ0) is 29.1. The summed E-state index contributed by atoms with van der Waals surface area (Å²) in [7, 11) is 3.24. The van der Waals surface area contributed by atoms with Crippen molar-refractivity contribution in [1.82, 2.24) is 20.2 Å². The van der Waals surface area contributed by atoms with Crippen LogP contribution < -0.4 is 19.6 Å². The fourth-order valence-electron chi connectivity index (χ4n) is 3.99. The topological polar surface area (TPSA) is 99.9 Å². The number of nitrogens with one attached hydrogen (secondary N) is 1. The summed E-state index contributed by atoms with van der Waals surface area (Å²) < 4.78 is 18.3. The summed E-state index contributed by atoms with van der Waals surface area (Å²) >= 11 is 1.27. The number of thioether (sulfide) groups is 1. The molecule has 0 atom stereocenters. The fourth-order valence-corrected chi connectivity index (χ4v) is 4.73. The van der Waals surface area contributed by atoms with Crippen molar-refractivity contribution in [1.29, 1.82) is 0 Å². The van der Waals surface area contributed by atoms with Gasteiger partial charge in [-0.15, -0.1) is 10.2 Å². The van der Waals surface area contributed by atoms with Crippen LogP contribution in [0.1, 0.15) is 11.1 Å². The van der Waals surface area contributed by atoms with E-state index in [9.17, 15) is 4.79 Å². The van der Waals surface area contributed by atoms with Gasteiger partial charge in [-0.25, -0.2) is 5.43 Å². The molecule has 0 spiro atoms. The van der Waals surface area contributed by atoms with Crippen LogP contribution in [0.5, 0.6) is 17.2 Å². The van der Waals surface area contributed by atoms with Gasteiger partial charge in [-0.05, 0) is 83.9 Å². The van der Waals surface area contributed by atoms with Crippen molar-refractivity contribution in [3.63, 3.8) is 0 Å². The molecular weight excluding hydrogens is 550 g/mol. The number of hydrogen-bond donors (Lipinski definition) is 1. The highest BCUT2D eigenvalue weighted by Gasteiger charge is 2.17. The van der Waals surface area contributed by atoms with Crippen molar-refractivity contribution in [2.24, 2.45) is 5.10 Å². The second-order valence-electron chi connectivity index (χ2n) is 8.99. The first kappa shape index (κ1) is 28.4.